The van der Waals surface area contributed by atoms with Crippen molar-refractivity contribution in [2.24, 2.45) is 0 Å². The Kier molecular flexibility index (Phi) is 4.87. The van der Waals surface area contributed by atoms with Gasteiger partial charge in [-0.1, -0.05) is 6.92 Å². The molecule has 96 valence electrons. The van der Waals surface area contributed by atoms with E-state index in [1.807, 2.05) is 6.92 Å². The molecule has 0 amide bonds. The number of nitrogens with one attached hydrogen (secondary N) is 1. The molecular formula is C13H23N3O. The molecule has 1 unspecified atom stereocenters. The van der Waals surface area contributed by atoms with Crippen molar-refractivity contribution in [1.29, 1.82) is 0 Å². The molecule has 0 spiro atoms. The molecule has 1 rings (SSSR count). The molecule has 4 heteroatoms. The quantitative estimate of drug-likeness (QED) is 0.855. The van der Waals surface area contributed by atoms with Gasteiger partial charge in [0.25, 0.3) is 0 Å². The van der Waals surface area contributed by atoms with Gasteiger partial charge in [-0.25, -0.2) is 4.98 Å². The van der Waals surface area contributed by atoms with E-state index in [0.29, 0.717) is 5.88 Å². The van der Waals surface area contributed by atoms with Crippen LogP contribution < -0.4 is 10.1 Å². The molecule has 0 aliphatic heterocycles. The van der Waals surface area contributed by atoms with Crippen LogP contribution in [0.2, 0.25) is 0 Å². The zero-order valence-corrected chi connectivity index (χ0v) is 11.4. The average Bonchev–Trinajstić information content (AvgIpc) is 2.27. The Hall–Kier alpha value is -1.16. The fourth-order valence-electron chi connectivity index (χ4n) is 1.14. The largest absolute Gasteiger partial charge is 0.474 e. The summed E-state index contributed by atoms with van der Waals surface area (Å²) in [5.41, 5.74) is 1.02. The van der Waals surface area contributed by atoms with Crippen molar-refractivity contribution in [2.45, 2.75) is 59.2 Å². The van der Waals surface area contributed by atoms with Gasteiger partial charge in [0.05, 0.1) is 24.2 Å². The van der Waals surface area contributed by atoms with Crippen LogP contribution in [0.15, 0.2) is 12.4 Å². The fourth-order valence-corrected chi connectivity index (χ4v) is 1.14. The van der Waals surface area contributed by atoms with Gasteiger partial charge >= 0.3 is 0 Å². The van der Waals surface area contributed by atoms with E-state index >= 15 is 0 Å². The molecule has 0 saturated carbocycles. The monoisotopic (exact) mass is 237 g/mol. The molecule has 0 bridgehead atoms. The second kappa shape index (κ2) is 5.96. The van der Waals surface area contributed by atoms with E-state index in [4.69, 9.17) is 4.74 Å². The van der Waals surface area contributed by atoms with Crippen LogP contribution in [-0.4, -0.2) is 21.6 Å². The topological polar surface area (TPSA) is 47.0 Å². The average molecular weight is 237 g/mol. The van der Waals surface area contributed by atoms with Crippen molar-refractivity contribution in [3.8, 4) is 5.88 Å². The van der Waals surface area contributed by atoms with Gasteiger partial charge in [-0.05, 0) is 34.1 Å². The van der Waals surface area contributed by atoms with E-state index in [1.54, 1.807) is 12.4 Å². The van der Waals surface area contributed by atoms with Gasteiger partial charge in [-0.2, -0.15) is 0 Å². The summed E-state index contributed by atoms with van der Waals surface area (Å²) in [6.45, 7) is 11.2. The van der Waals surface area contributed by atoms with Crippen molar-refractivity contribution in [2.75, 3.05) is 0 Å². The van der Waals surface area contributed by atoms with Crippen molar-refractivity contribution in [3.63, 3.8) is 0 Å². The first-order valence-corrected chi connectivity index (χ1v) is 6.13. The number of aromatic nitrogens is 2. The van der Waals surface area contributed by atoms with Crippen LogP contribution in [0.3, 0.4) is 0 Å². The Balaban J connectivity index is 2.50. The predicted octanol–water partition coefficient (Wildman–Crippen LogP) is 2.54. The summed E-state index contributed by atoms with van der Waals surface area (Å²) >= 11 is 0. The molecule has 17 heavy (non-hydrogen) atoms. The molecule has 1 aromatic heterocycles. The smallest absolute Gasteiger partial charge is 0.232 e. The molecular weight excluding hydrogens is 214 g/mol. The molecule has 1 atom stereocenters. The maximum atomic E-state index is 5.57. The van der Waals surface area contributed by atoms with E-state index in [2.05, 4.69) is 43.0 Å². The minimum Gasteiger partial charge on any atom is -0.474 e. The molecule has 1 N–H and O–H groups in total. The zero-order chi connectivity index (χ0) is 12.9. The highest BCUT2D eigenvalue weighted by Gasteiger charge is 2.09. The van der Waals surface area contributed by atoms with Gasteiger partial charge in [0.1, 0.15) is 0 Å². The molecule has 0 radical (unpaired) electrons. The molecule has 0 aromatic carbocycles. The second-order valence-electron chi connectivity index (χ2n) is 5.29. The molecule has 1 heterocycles. The summed E-state index contributed by atoms with van der Waals surface area (Å²) in [5.74, 6) is 0.596. The minimum absolute atomic E-state index is 0.0908. The van der Waals surface area contributed by atoms with Gasteiger partial charge in [-0.3, -0.25) is 4.98 Å². The van der Waals surface area contributed by atoms with Crippen molar-refractivity contribution >= 4 is 0 Å². The summed E-state index contributed by atoms with van der Waals surface area (Å²) in [5, 5.41) is 3.37. The van der Waals surface area contributed by atoms with Crippen LogP contribution in [0.4, 0.5) is 0 Å². The van der Waals surface area contributed by atoms with Crippen molar-refractivity contribution < 1.29 is 4.74 Å². The Labute approximate surface area is 104 Å². The van der Waals surface area contributed by atoms with Crippen LogP contribution in [0.1, 0.15) is 46.7 Å². The van der Waals surface area contributed by atoms with E-state index in [9.17, 15) is 0 Å². The first-order valence-electron chi connectivity index (χ1n) is 6.13. The predicted molar refractivity (Wildman–Crippen MR) is 69.0 cm³/mol. The highest BCUT2D eigenvalue weighted by Crippen LogP contribution is 2.09. The highest BCUT2D eigenvalue weighted by molar-refractivity contribution is 5.07. The second-order valence-corrected chi connectivity index (χ2v) is 5.29. The third-order valence-corrected chi connectivity index (χ3v) is 2.38. The third kappa shape index (κ3) is 5.63. The molecule has 0 aliphatic rings. The summed E-state index contributed by atoms with van der Waals surface area (Å²) < 4.78 is 5.57. The summed E-state index contributed by atoms with van der Waals surface area (Å²) in [4.78, 5) is 8.56. The van der Waals surface area contributed by atoms with E-state index < -0.39 is 0 Å². The highest BCUT2D eigenvalue weighted by atomic mass is 16.5. The number of hydrogen-bond acceptors (Lipinski definition) is 4. The van der Waals surface area contributed by atoms with Crippen molar-refractivity contribution in [3.05, 3.63) is 18.1 Å². The summed E-state index contributed by atoms with van der Waals surface area (Å²) in [6.07, 6.45) is 4.60. The van der Waals surface area contributed by atoms with Gasteiger partial charge in [0.15, 0.2) is 0 Å². The maximum Gasteiger partial charge on any atom is 0.232 e. The standard InChI is InChI=1S/C13H23N3O/c1-6-10(2)17-12-9-14-11(7-15-12)8-16-13(3,4)5/h7,9-10,16H,6,8H2,1-5H3. The molecule has 0 saturated heterocycles. The summed E-state index contributed by atoms with van der Waals surface area (Å²) in [6, 6.07) is 0. The number of nitrogens with zero attached hydrogens (tertiary/aromatic N) is 2. The lowest BCUT2D eigenvalue weighted by Gasteiger charge is -2.20. The fraction of sp³-hybridized carbons (Fsp3) is 0.692. The van der Waals surface area contributed by atoms with Crippen LogP contribution >= 0.6 is 0 Å². The van der Waals surface area contributed by atoms with Gasteiger partial charge in [0, 0.05) is 12.1 Å². The van der Waals surface area contributed by atoms with Gasteiger partial charge < -0.3 is 10.1 Å². The number of rotatable bonds is 5. The zero-order valence-electron chi connectivity index (χ0n) is 11.4. The van der Waals surface area contributed by atoms with Gasteiger partial charge in [0.2, 0.25) is 5.88 Å². The first kappa shape index (κ1) is 13.9. The maximum absolute atomic E-state index is 5.57. The third-order valence-electron chi connectivity index (χ3n) is 2.38. The van der Waals surface area contributed by atoms with Crippen molar-refractivity contribution in [1.82, 2.24) is 15.3 Å². The number of ether oxygens (including phenoxy) is 1. The normalized spacial score (nSPS) is 13.5. The minimum atomic E-state index is 0.0908. The number of hydrogen-bond donors (Lipinski definition) is 1. The van der Waals surface area contributed by atoms with Crippen LogP contribution in [0.25, 0.3) is 0 Å². The van der Waals surface area contributed by atoms with E-state index in [1.165, 1.54) is 0 Å². The molecule has 0 fully saturated rings. The Morgan fingerprint density at radius 2 is 2.00 bits per heavy atom. The first-order chi connectivity index (χ1) is 7.90. The lowest BCUT2D eigenvalue weighted by atomic mass is 10.1. The van der Waals surface area contributed by atoms with Crippen LogP contribution in [0, 0.1) is 0 Å². The lowest BCUT2D eigenvalue weighted by molar-refractivity contribution is 0.207. The van der Waals surface area contributed by atoms with Crippen LogP contribution in [0.5, 0.6) is 5.88 Å². The Morgan fingerprint density at radius 3 is 2.47 bits per heavy atom. The van der Waals surface area contributed by atoms with Crippen LogP contribution in [-0.2, 0) is 6.54 Å². The molecule has 0 aliphatic carbocycles. The molecule has 1 aromatic rings. The Morgan fingerprint density at radius 1 is 1.29 bits per heavy atom. The lowest BCUT2D eigenvalue weighted by Crippen LogP contribution is -2.35. The summed E-state index contributed by atoms with van der Waals surface area (Å²) in [7, 11) is 0. The Bertz CT molecular complexity index is 330. The van der Waals surface area contributed by atoms with Gasteiger partial charge in [-0.15, -0.1) is 0 Å². The van der Waals surface area contributed by atoms with E-state index in [-0.39, 0.29) is 11.6 Å². The molecule has 4 nitrogen and oxygen atoms in total. The van der Waals surface area contributed by atoms with E-state index in [0.717, 1.165) is 18.7 Å². The SMILES string of the molecule is CCC(C)Oc1cnc(CNC(C)(C)C)cn1.